The van der Waals surface area contributed by atoms with Crippen molar-refractivity contribution in [2.45, 2.75) is 38.8 Å². The van der Waals surface area contributed by atoms with E-state index in [1.165, 1.54) is 5.56 Å². The van der Waals surface area contributed by atoms with Crippen molar-refractivity contribution in [2.75, 3.05) is 33.9 Å². The molecule has 0 aliphatic carbocycles. The van der Waals surface area contributed by atoms with E-state index in [-0.39, 0.29) is 11.6 Å². The second-order valence-electron chi connectivity index (χ2n) is 6.30. The maximum absolute atomic E-state index is 5.82. The van der Waals surface area contributed by atoms with Crippen LogP contribution in [0.25, 0.3) is 0 Å². The summed E-state index contributed by atoms with van der Waals surface area (Å²) in [5, 5.41) is 3.60. The van der Waals surface area contributed by atoms with Gasteiger partial charge < -0.3 is 19.7 Å². The van der Waals surface area contributed by atoms with Gasteiger partial charge in [-0.15, -0.1) is 0 Å². The Bertz CT molecular complexity index is 472. The van der Waals surface area contributed by atoms with Crippen molar-refractivity contribution in [1.29, 1.82) is 0 Å². The molecule has 0 aromatic heterocycles. The fourth-order valence-corrected chi connectivity index (χ4v) is 2.60. The fraction of sp³-hybridized carbons (Fsp3) is 0.647. The molecule has 1 aromatic rings. The average Bonchev–Trinajstić information content (AvgIpc) is 2.68. The van der Waals surface area contributed by atoms with Crippen LogP contribution in [0.1, 0.15) is 38.8 Å². The van der Waals surface area contributed by atoms with Gasteiger partial charge in [0.2, 0.25) is 0 Å². The van der Waals surface area contributed by atoms with Crippen LogP contribution in [0.5, 0.6) is 11.5 Å². The van der Waals surface area contributed by atoms with Crippen LogP contribution in [0.4, 0.5) is 0 Å². The van der Waals surface area contributed by atoms with E-state index in [0.29, 0.717) is 0 Å². The Morgan fingerprint density at radius 2 is 1.86 bits per heavy atom. The van der Waals surface area contributed by atoms with E-state index < -0.39 is 0 Å². The van der Waals surface area contributed by atoms with Crippen LogP contribution in [0, 0.1) is 0 Å². The number of benzene rings is 1. The lowest BCUT2D eigenvalue weighted by Gasteiger charge is -2.41. The molecule has 0 saturated carbocycles. The highest BCUT2D eigenvalue weighted by Crippen LogP contribution is 2.36. The molecule has 0 bridgehead atoms. The molecule has 1 N–H and O–H groups in total. The topological polar surface area (TPSA) is 33.7 Å². The highest BCUT2D eigenvalue weighted by atomic mass is 16.5. The zero-order valence-electron chi connectivity index (χ0n) is 13.9. The fourth-order valence-electron chi connectivity index (χ4n) is 2.60. The van der Waals surface area contributed by atoms with Gasteiger partial charge in [-0.1, -0.05) is 13.0 Å². The van der Waals surface area contributed by atoms with Gasteiger partial charge in [0.05, 0.1) is 19.3 Å². The van der Waals surface area contributed by atoms with Crippen LogP contribution in [0.3, 0.4) is 0 Å². The first kappa shape index (κ1) is 16.1. The van der Waals surface area contributed by atoms with Gasteiger partial charge in [0, 0.05) is 12.0 Å². The van der Waals surface area contributed by atoms with Crippen molar-refractivity contribution in [3.8, 4) is 11.5 Å². The molecule has 1 aliphatic heterocycles. The third-order valence-corrected chi connectivity index (χ3v) is 4.37. The molecule has 4 heteroatoms. The minimum Gasteiger partial charge on any atom is -0.490 e. The van der Waals surface area contributed by atoms with E-state index in [2.05, 4.69) is 57.2 Å². The summed E-state index contributed by atoms with van der Waals surface area (Å²) >= 11 is 0. The Balaban J connectivity index is 2.35. The number of nitrogens with zero attached hydrogens (tertiary/aromatic N) is 1. The zero-order chi connectivity index (χ0) is 15.5. The summed E-state index contributed by atoms with van der Waals surface area (Å²) in [4.78, 5) is 2.25. The summed E-state index contributed by atoms with van der Waals surface area (Å²) in [6, 6.07) is 6.53. The van der Waals surface area contributed by atoms with E-state index in [4.69, 9.17) is 9.47 Å². The summed E-state index contributed by atoms with van der Waals surface area (Å²) in [5.41, 5.74) is 1.23. The van der Waals surface area contributed by atoms with E-state index in [0.717, 1.165) is 37.7 Å². The van der Waals surface area contributed by atoms with E-state index in [1.54, 1.807) is 0 Å². The van der Waals surface area contributed by atoms with Crippen LogP contribution < -0.4 is 14.8 Å². The van der Waals surface area contributed by atoms with E-state index in [9.17, 15) is 0 Å². The lowest BCUT2D eigenvalue weighted by molar-refractivity contribution is 0.139. The third-order valence-electron chi connectivity index (χ3n) is 4.37. The summed E-state index contributed by atoms with van der Waals surface area (Å²) in [7, 11) is 4.24. The lowest BCUT2D eigenvalue weighted by atomic mass is 9.87. The van der Waals surface area contributed by atoms with Crippen molar-refractivity contribution in [2.24, 2.45) is 0 Å². The number of rotatable bonds is 5. The zero-order valence-corrected chi connectivity index (χ0v) is 13.9. The molecule has 0 fully saturated rings. The van der Waals surface area contributed by atoms with Crippen LogP contribution in [0.15, 0.2) is 18.2 Å². The summed E-state index contributed by atoms with van der Waals surface area (Å²) in [6.45, 7) is 9.02. The van der Waals surface area contributed by atoms with Crippen molar-refractivity contribution >= 4 is 0 Å². The standard InChI is InChI=1S/C17H28N2O2/c1-6-18-16(17(2,3)19(4)5)13-8-9-14-15(12-13)21-11-7-10-20-14/h8-9,12,16,18H,6-7,10-11H2,1-5H3. The Hall–Kier alpha value is -1.26. The Morgan fingerprint density at radius 1 is 1.19 bits per heavy atom. The van der Waals surface area contributed by atoms with Gasteiger partial charge in [-0.3, -0.25) is 0 Å². The number of likely N-dealkylation sites (N-methyl/N-ethyl adjacent to an activating group) is 2. The molecule has 0 amide bonds. The van der Waals surface area contributed by atoms with Gasteiger partial charge in [-0.05, 0) is 52.2 Å². The highest BCUT2D eigenvalue weighted by molar-refractivity contribution is 5.45. The van der Waals surface area contributed by atoms with Crippen LogP contribution in [-0.2, 0) is 0 Å². The molecule has 1 aromatic carbocycles. The van der Waals surface area contributed by atoms with Gasteiger partial charge in [0.25, 0.3) is 0 Å². The van der Waals surface area contributed by atoms with Gasteiger partial charge in [0.1, 0.15) is 0 Å². The van der Waals surface area contributed by atoms with E-state index in [1.807, 2.05) is 6.07 Å². The smallest absolute Gasteiger partial charge is 0.161 e. The summed E-state index contributed by atoms with van der Waals surface area (Å²) < 4.78 is 11.5. The van der Waals surface area contributed by atoms with E-state index >= 15 is 0 Å². The molecule has 0 radical (unpaired) electrons. The Labute approximate surface area is 128 Å². The second-order valence-corrected chi connectivity index (χ2v) is 6.30. The average molecular weight is 292 g/mol. The maximum atomic E-state index is 5.82. The first-order valence-corrected chi connectivity index (χ1v) is 7.77. The number of ether oxygens (including phenoxy) is 2. The minimum atomic E-state index is -0.00413. The quantitative estimate of drug-likeness (QED) is 0.905. The molecule has 0 saturated heterocycles. The molecular weight excluding hydrogens is 264 g/mol. The lowest BCUT2D eigenvalue weighted by Crippen LogP contribution is -2.49. The van der Waals surface area contributed by atoms with Crippen LogP contribution >= 0.6 is 0 Å². The first-order chi connectivity index (χ1) is 9.96. The molecule has 21 heavy (non-hydrogen) atoms. The minimum absolute atomic E-state index is 0.00413. The van der Waals surface area contributed by atoms with Gasteiger partial charge in [-0.25, -0.2) is 0 Å². The molecular formula is C17H28N2O2. The monoisotopic (exact) mass is 292 g/mol. The normalized spacial score (nSPS) is 16.7. The largest absolute Gasteiger partial charge is 0.490 e. The molecule has 1 atom stereocenters. The number of hydrogen-bond acceptors (Lipinski definition) is 4. The number of hydrogen-bond donors (Lipinski definition) is 1. The summed E-state index contributed by atoms with van der Waals surface area (Å²) in [5.74, 6) is 1.72. The Kier molecular flexibility index (Phi) is 5.12. The molecule has 1 heterocycles. The highest BCUT2D eigenvalue weighted by Gasteiger charge is 2.32. The van der Waals surface area contributed by atoms with Gasteiger partial charge in [0.15, 0.2) is 11.5 Å². The molecule has 1 unspecified atom stereocenters. The third kappa shape index (κ3) is 3.50. The summed E-state index contributed by atoms with van der Waals surface area (Å²) in [6.07, 6.45) is 0.934. The molecule has 1 aliphatic rings. The van der Waals surface area contributed by atoms with Gasteiger partial charge in [-0.2, -0.15) is 0 Å². The van der Waals surface area contributed by atoms with Gasteiger partial charge >= 0.3 is 0 Å². The predicted octanol–water partition coefficient (Wildman–Crippen LogP) is 2.84. The second kappa shape index (κ2) is 6.67. The molecule has 4 nitrogen and oxygen atoms in total. The first-order valence-electron chi connectivity index (χ1n) is 7.77. The van der Waals surface area contributed by atoms with Crippen LogP contribution in [0.2, 0.25) is 0 Å². The van der Waals surface area contributed by atoms with Crippen LogP contribution in [-0.4, -0.2) is 44.3 Å². The van der Waals surface area contributed by atoms with Crippen molar-refractivity contribution in [3.05, 3.63) is 23.8 Å². The molecule has 118 valence electrons. The number of nitrogens with one attached hydrogen (secondary N) is 1. The van der Waals surface area contributed by atoms with Crippen molar-refractivity contribution in [3.63, 3.8) is 0 Å². The van der Waals surface area contributed by atoms with Crippen molar-refractivity contribution in [1.82, 2.24) is 10.2 Å². The maximum Gasteiger partial charge on any atom is 0.161 e. The SMILES string of the molecule is CCNC(c1ccc2c(c1)OCCCO2)C(C)(C)N(C)C. The molecule has 2 rings (SSSR count). The van der Waals surface area contributed by atoms with Crippen molar-refractivity contribution < 1.29 is 9.47 Å². The Morgan fingerprint density at radius 3 is 2.48 bits per heavy atom. The molecule has 0 spiro atoms. The number of fused-ring (bicyclic) bond motifs is 1. The predicted molar refractivity (Wildman–Crippen MR) is 86.2 cm³/mol.